The van der Waals surface area contributed by atoms with Crippen LogP contribution in [-0.4, -0.2) is 58.4 Å². The summed E-state index contributed by atoms with van der Waals surface area (Å²) in [7, 11) is 0. The van der Waals surface area contributed by atoms with Crippen LogP contribution in [0.1, 0.15) is 67.9 Å². The van der Waals surface area contributed by atoms with E-state index in [-0.39, 0.29) is 36.4 Å². The van der Waals surface area contributed by atoms with Gasteiger partial charge in [0.1, 0.15) is 18.1 Å². The van der Waals surface area contributed by atoms with Crippen molar-refractivity contribution in [3.63, 3.8) is 0 Å². The molecule has 3 aromatic carbocycles. The average molecular weight is 651 g/mol. The first-order chi connectivity index (χ1) is 22.4. The monoisotopic (exact) mass is 650 g/mol. The van der Waals surface area contributed by atoms with Crippen molar-refractivity contribution in [1.29, 1.82) is 0 Å². The van der Waals surface area contributed by atoms with Crippen molar-refractivity contribution in [3.05, 3.63) is 118 Å². The van der Waals surface area contributed by atoms with E-state index in [1.54, 1.807) is 42.4 Å². The van der Waals surface area contributed by atoms with E-state index in [0.29, 0.717) is 30.0 Å². The molecule has 0 saturated carbocycles. The van der Waals surface area contributed by atoms with Gasteiger partial charge in [-0.1, -0.05) is 42.5 Å². The van der Waals surface area contributed by atoms with Gasteiger partial charge in [0.15, 0.2) is 0 Å². The minimum absolute atomic E-state index is 0.0380. The van der Waals surface area contributed by atoms with Crippen molar-refractivity contribution in [3.8, 4) is 5.75 Å². The second kappa shape index (κ2) is 14.8. The third kappa shape index (κ3) is 9.20. The van der Waals surface area contributed by atoms with Gasteiger partial charge in [-0.25, -0.2) is 4.98 Å². The first kappa shape index (κ1) is 33.7. The first-order valence-electron chi connectivity index (χ1n) is 15.4. The highest BCUT2D eigenvalue weighted by Crippen LogP contribution is 2.33. The summed E-state index contributed by atoms with van der Waals surface area (Å²) in [6, 6.07) is 18.9. The van der Waals surface area contributed by atoms with E-state index >= 15 is 0 Å². The van der Waals surface area contributed by atoms with Crippen LogP contribution in [0.4, 0.5) is 13.2 Å². The van der Waals surface area contributed by atoms with Crippen molar-refractivity contribution in [2.45, 2.75) is 64.2 Å². The number of hydrogen-bond acceptors (Lipinski definition) is 7. The van der Waals surface area contributed by atoms with Crippen LogP contribution in [-0.2, 0) is 13.0 Å². The van der Waals surface area contributed by atoms with Crippen LogP contribution < -0.4 is 15.4 Å². The number of amides is 2. The Morgan fingerprint density at radius 2 is 1.79 bits per heavy atom. The van der Waals surface area contributed by atoms with Crippen LogP contribution >= 0.6 is 0 Å². The van der Waals surface area contributed by atoms with Gasteiger partial charge in [0.2, 0.25) is 5.89 Å². The Kier molecular flexibility index (Phi) is 10.6. The van der Waals surface area contributed by atoms with Crippen LogP contribution in [0.25, 0.3) is 0 Å². The van der Waals surface area contributed by atoms with Crippen LogP contribution in [0.3, 0.4) is 0 Å². The lowest BCUT2D eigenvalue weighted by Crippen LogP contribution is -2.48. The molecule has 0 spiro atoms. The van der Waals surface area contributed by atoms with Crippen molar-refractivity contribution in [2.24, 2.45) is 0 Å². The highest BCUT2D eigenvalue weighted by molar-refractivity contribution is 6.00. The molecule has 2 amide bonds. The molecule has 12 heteroatoms. The van der Waals surface area contributed by atoms with E-state index in [0.717, 1.165) is 29.7 Å². The lowest BCUT2D eigenvalue weighted by Gasteiger charge is -2.25. The van der Waals surface area contributed by atoms with Gasteiger partial charge >= 0.3 is 6.36 Å². The molecule has 5 rings (SSSR count). The fourth-order valence-corrected chi connectivity index (χ4v) is 5.76. The number of likely N-dealkylation sites (tertiary alicyclic amines) is 1. The quantitative estimate of drug-likeness (QED) is 0.181. The smallest absolute Gasteiger partial charge is 0.446 e. The van der Waals surface area contributed by atoms with Gasteiger partial charge in [-0.2, -0.15) is 0 Å². The number of aliphatic hydroxyl groups is 1. The van der Waals surface area contributed by atoms with Crippen LogP contribution in [0.5, 0.6) is 5.75 Å². The van der Waals surface area contributed by atoms with Crippen molar-refractivity contribution in [2.75, 3.05) is 13.1 Å². The minimum Gasteiger partial charge on any atom is -0.446 e. The maximum Gasteiger partial charge on any atom is 0.573 e. The van der Waals surface area contributed by atoms with E-state index < -0.39 is 24.4 Å². The number of carbonyl (C=O) groups excluding carboxylic acids is 2. The molecule has 2 heterocycles. The number of ether oxygens (including phenoxy) is 1. The first-order valence-corrected chi connectivity index (χ1v) is 15.4. The SMILES string of the molecule is Cc1cc(C(=O)NC(Cc2ccccc2)C(O)CNCc2cccc(OC(F)(F)F)c2)cc(C(=O)N2CCCC2c2nc(C)co2)c1. The van der Waals surface area contributed by atoms with Gasteiger partial charge in [0, 0.05) is 30.8 Å². The third-order valence-electron chi connectivity index (χ3n) is 7.92. The molecule has 47 heavy (non-hydrogen) atoms. The van der Waals surface area contributed by atoms with E-state index in [2.05, 4.69) is 20.4 Å². The molecule has 3 atom stereocenters. The number of rotatable bonds is 12. The molecule has 1 aliphatic heterocycles. The Balaban J connectivity index is 1.28. The normalized spacial score (nSPS) is 16.1. The maximum atomic E-state index is 13.7. The summed E-state index contributed by atoms with van der Waals surface area (Å²) < 4.78 is 47.5. The minimum atomic E-state index is -4.80. The summed E-state index contributed by atoms with van der Waals surface area (Å²) in [6.07, 6.45) is -2.46. The molecule has 1 aliphatic rings. The Hall–Kier alpha value is -4.68. The van der Waals surface area contributed by atoms with Gasteiger partial charge in [-0.3, -0.25) is 9.59 Å². The predicted octanol–water partition coefficient (Wildman–Crippen LogP) is 5.66. The summed E-state index contributed by atoms with van der Waals surface area (Å²) in [5, 5.41) is 17.2. The highest BCUT2D eigenvalue weighted by atomic mass is 19.4. The number of halogens is 3. The summed E-state index contributed by atoms with van der Waals surface area (Å²) in [6.45, 7) is 4.37. The molecule has 248 valence electrons. The molecule has 1 fully saturated rings. The van der Waals surface area contributed by atoms with Gasteiger partial charge < -0.3 is 29.8 Å². The zero-order valence-corrected chi connectivity index (χ0v) is 26.1. The maximum absolute atomic E-state index is 13.7. The Morgan fingerprint density at radius 3 is 2.51 bits per heavy atom. The van der Waals surface area contributed by atoms with Crippen LogP contribution in [0.2, 0.25) is 0 Å². The predicted molar refractivity (Wildman–Crippen MR) is 168 cm³/mol. The van der Waals surface area contributed by atoms with Gasteiger partial charge in [-0.15, -0.1) is 13.2 Å². The third-order valence-corrected chi connectivity index (χ3v) is 7.92. The molecule has 9 nitrogen and oxygen atoms in total. The number of nitrogens with zero attached hydrogens (tertiary/aromatic N) is 2. The van der Waals surface area contributed by atoms with E-state index in [9.17, 15) is 27.9 Å². The number of hydrogen-bond donors (Lipinski definition) is 3. The van der Waals surface area contributed by atoms with Crippen molar-refractivity contribution < 1.29 is 37.0 Å². The Bertz CT molecular complexity index is 1680. The van der Waals surface area contributed by atoms with Gasteiger partial charge in [-0.05, 0) is 80.1 Å². The molecule has 3 N–H and O–H groups in total. The number of aliphatic hydroxyl groups excluding tert-OH is 1. The van der Waals surface area contributed by atoms with E-state index in [1.165, 1.54) is 18.2 Å². The number of oxazole rings is 1. The van der Waals surface area contributed by atoms with Crippen molar-refractivity contribution in [1.82, 2.24) is 20.5 Å². The Labute approximate surface area is 270 Å². The van der Waals surface area contributed by atoms with E-state index in [1.807, 2.05) is 37.3 Å². The molecule has 4 aromatic rings. The lowest BCUT2D eigenvalue weighted by atomic mass is 9.99. The molecule has 0 bridgehead atoms. The molecule has 3 unspecified atom stereocenters. The number of alkyl halides is 3. The highest BCUT2D eigenvalue weighted by Gasteiger charge is 2.34. The largest absolute Gasteiger partial charge is 0.573 e. The second-order valence-electron chi connectivity index (χ2n) is 11.7. The summed E-state index contributed by atoms with van der Waals surface area (Å²) in [4.78, 5) is 33.5. The molecule has 1 saturated heterocycles. The molecular formula is C35H37F3N4O5. The molecule has 0 aliphatic carbocycles. The van der Waals surface area contributed by atoms with Gasteiger partial charge in [0.05, 0.1) is 17.8 Å². The topological polar surface area (TPSA) is 117 Å². The second-order valence-corrected chi connectivity index (χ2v) is 11.7. The fraction of sp³-hybridized carbons (Fsp3) is 0.343. The lowest BCUT2D eigenvalue weighted by molar-refractivity contribution is -0.274. The number of benzene rings is 3. The molecule has 1 aromatic heterocycles. The number of aromatic nitrogens is 1. The van der Waals surface area contributed by atoms with Crippen LogP contribution in [0, 0.1) is 13.8 Å². The van der Waals surface area contributed by atoms with E-state index in [4.69, 9.17) is 4.42 Å². The van der Waals surface area contributed by atoms with Crippen LogP contribution in [0.15, 0.2) is 83.5 Å². The number of nitrogens with one attached hydrogen (secondary N) is 2. The fourth-order valence-electron chi connectivity index (χ4n) is 5.76. The number of carbonyl (C=O) groups is 2. The summed E-state index contributed by atoms with van der Waals surface area (Å²) in [5.41, 5.74) is 3.51. The summed E-state index contributed by atoms with van der Waals surface area (Å²) in [5.74, 6) is -0.528. The summed E-state index contributed by atoms with van der Waals surface area (Å²) >= 11 is 0. The molecule has 0 radical (unpaired) electrons. The standard InChI is InChI=1S/C35H37F3N4O5/c1-22-14-26(18-27(15-22)34(45)42-13-7-12-30(42)33-40-23(2)21-46-33)32(44)41-29(17-24-8-4-3-5-9-24)31(43)20-39-19-25-10-6-11-28(16-25)47-35(36,37)38/h3-6,8-11,14-16,18,21,29-31,39,43H,7,12-13,17,19-20H2,1-2H3,(H,41,44). The Morgan fingerprint density at radius 1 is 1.04 bits per heavy atom. The molecular weight excluding hydrogens is 613 g/mol. The zero-order chi connectivity index (χ0) is 33.6. The average Bonchev–Trinajstić information content (AvgIpc) is 3.69. The zero-order valence-electron chi connectivity index (χ0n) is 26.1. The van der Waals surface area contributed by atoms with Gasteiger partial charge in [0.25, 0.3) is 11.8 Å². The number of aryl methyl sites for hydroxylation is 2. The van der Waals surface area contributed by atoms with Crippen molar-refractivity contribution >= 4 is 11.8 Å².